The van der Waals surface area contributed by atoms with Gasteiger partial charge in [0.2, 0.25) is 0 Å². The van der Waals surface area contributed by atoms with Crippen LogP contribution in [0.5, 0.6) is 0 Å². The van der Waals surface area contributed by atoms with Crippen LogP contribution in [0, 0.1) is 0 Å². The Bertz CT molecular complexity index is 434. The molecule has 7 heteroatoms. The molecule has 0 amide bonds. The maximum atomic E-state index is 12.6. The second-order valence-electron chi connectivity index (χ2n) is 3.66. The number of benzene rings is 1. The zero-order chi connectivity index (χ0) is 13.9. The van der Waals surface area contributed by atoms with E-state index in [0.29, 0.717) is 6.07 Å². The van der Waals surface area contributed by atoms with Crippen molar-refractivity contribution in [2.75, 3.05) is 5.75 Å². The zero-order valence-corrected chi connectivity index (χ0v) is 9.95. The van der Waals surface area contributed by atoms with Crippen LogP contribution in [0.15, 0.2) is 18.2 Å². The first-order valence-corrected chi connectivity index (χ1v) is 5.57. The smallest absolute Gasteiger partial charge is 0.389 e. The predicted octanol–water partition coefficient (Wildman–Crippen LogP) is 1.84. The molecule has 0 fully saturated rings. The van der Waals surface area contributed by atoms with Crippen LogP contribution in [0.4, 0.5) is 13.2 Å². The normalized spacial score (nSPS) is 15.2. The first-order valence-electron chi connectivity index (χ1n) is 4.94. The van der Waals surface area contributed by atoms with E-state index in [-0.39, 0.29) is 17.6 Å². The lowest BCUT2D eigenvalue weighted by atomic mass is 9.99. The Morgan fingerprint density at radius 2 is 1.94 bits per heavy atom. The highest BCUT2D eigenvalue weighted by Crippen LogP contribution is 2.33. The average Bonchev–Trinajstić information content (AvgIpc) is 2.35. The van der Waals surface area contributed by atoms with Gasteiger partial charge in [-0.15, -0.1) is 0 Å². The number of rotatable bonds is 4. The molecule has 0 spiro atoms. The lowest BCUT2D eigenvalue weighted by Gasteiger charge is -2.18. The summed E-state index contributed by atoms with van der Waals surface area (Å²) in [6, 6.07) is 2.77. The fourth-order valence-corrected chi connectivity index (χ4v) is 1.63. The van der Waals surface area contributed by atoms with Gasteiger partial charge in [-0.2, -0.15) is 25.8 Å². The van der Waals surface area contributed by atoms with Gasteiger partial charge in [-0.3, -0.25) is 4.79 Å². The minimum absolute atomic E-state index is 0.0913. The Morgan fingerprint density at radius 3 is 2.39 bits per heavy atom. The number of aliphatic hydroxyl groups excluding tert-OH is 2. The van der Waals surface area contributed by atoms with E-state index in [1.54, 1.807) is 0 Å². The number of thiol groups is 1. The Hall–Kier alpha value is -1.05. The van der Waals surface area contributed by atoms with Gasteiger partial charge in [-0.25, -0.2) is 0 Å². The maximum Gasteiger partial charge on any atom is 0.417 e. The summed E-state index contributed by atoms with van der Waals surface area (Å²) >= 11 is 3.74. The summed E-state index contributed by atoms with van der Waals surface area (Å²) in [5.41, 5.74) is -1.77. The summed E-state index contributed by atoms with van der Waals surface area (Å²) in [7, 11) is 0. The molecule has 1 rings (SSSR count). The fraction of sp³-hybridized carbons (Fsp3) is 0.364. The molecule has 0 heterocycles. The fourth-order valence-electron chi connectivity index (χ4n) is 1.43. The van der Waals surface area contributed by atoms with Gasteiger partial charge in [0.25, 0.3) is 0 Å². The van der Waals surface area contributed by atoms with Crippen LogP contribution in [0.1, 0.15) is 27.6 Å². The molecule has 0 bridgehead atoms. The van der Waals surface area contributed by atoms with E-state index in [9.17, 15) is 28.2 Å². The van der Waals surface area contributed by atoms with Gasteiger partial charge in [0.1, 0.15) is 6.10 Å². The number of hydrogen-bond donors (Lipinski definition) is 3. The molecule has 0 aliphatic rings. The van der Waals surface area contributed by atoms with Crippen LogP contribution >= 0.6 is 12.6 Å². The van der Waals surface area contributed by atoms with Gasteiger partial charge < -0.3 is 10.2 Å². The number of carbonyl (C=O) groups excluding carboxylic acids is 1. The summed E-state index contributed by atoms with van der Waals surface area (Å²) in [6.45, 7) is 0. The molecule has 0 radical (unpaired) electrons. The second-order valence-corrected chi connectivity index (χ2v) is 4.02. The Kier molecular flexibility index (Phi) is 4.78. The summed E-state index contributed by atoms with van der Waals surface area (Å²) < 4.78 is 37.9. The summed E-state index contributed by atoms with van der Waals surface area (Å²) in [4.78, 5) is 10.5. The van der Waals surface area contributed by atoms with E-state index in [1.165, 1.54) is 0 Å². The highest BCUT2D eigenvalue weighted by Gasteiger charge is 2.34. The lowest BCUT2D eigenvalue weighted by molar-refractivity contribution is -0.138. The van der Waals surface area contributed by atoms with Gasteiger partial charge >= 0.3 is 6.18 Å². The van der Waals surface area contributed by atoms with Crippen molar-refractivity contribution in [2.45, 2.75) is 18.4 Å². The molecule has 1 aromatic carbocycles. The van der Waals surface area contributed by atoms with Gasteiger partial charge in [0.05, 0.1) is 11.7 Å². The largest absolute Gasteiger partial charge is 0.417 e. The van der Waals surface area contributed by atoms with Crippen molar-refractivity contribution >= 4 is 18.9 Å². The second kappa shape index (κ2) is 5.73. The molecule has 0 aliphatic carbocycles. The van der Waals surface area contributed by atoms with E-state index < -0.39 is 29.5 Å². The molecule has 3 nitrogen and oxygen atoms in total. The lowest BCUT2D eigenvalue weighted by Crippen LogP contribution is -2.20. The number of halogens is 3. The molecule has 100 valence electrons. The molecule has 0 saturated heterocycles. The van der Waals surface area contributed by atoms with Crippen LogP contribution in [0.2, 0.25) is 0 Å². The molecular weight excluding hydrogens is 269 g/mol. The number of aliphatic hydroxyl groups is 2. The third kappa shape index (κ3) is 3.24. The van der Waals surface area contributed by atoms with Crippen molar-refractivity contribution in [1.29, 1.82) is 0 Å². The Morgan fingerprint density at radius 1 is 1.33 bits per heavy atom. The predicted molar refractivity (Wildman–Crippen MR) is 61.7 cm³/mol. The molecule has 2 unspecified atom stereocenters. The Labute approximate surface area is 107 Å². The van der Waals surface area contributed by atoms with Crippen molar-refractivity contribution in [2.24, 2.45) is 0 Å². The molecule has 18 heavy (non-hydrogen) atoms. The third-order valence-corrected chi connectivity index (χ3v) is 2.78. The number of carbonyl (C=O) groups is 1. The molecule has 2 atom stereocenters. The standard InChI is InChI=1S/C11H11F3O3S/c12-11(13,14)8-3-6(1-2-7(8)4-15)10(17)9(16)5-18/h1-4,9-10,16-18H,5H2. The van der Waals surface area contributed by atoms with E-state index in [1.807, 2.05) is 0 Å². The first-order chi connectivity index (χ1) is 8.31. The first kappa shape index (κ1) is 15.0. The molecule has 0 aliphatic heterocycles. The SMILES string of the molecule is O=Cc1ccc(C(O)C(O)CS)cc1C(F)(F)F. The van der Waals surface area contributed by atoms with E-state index in [2.05, 4.69) is 12.6 Å². The minimum atomic E-state index is -4.70. The topological polar surface area (TPSA) is 57.5 Å². The van der Waals surface area contributed by atoms with Crippen LogP contribution in [0.3, 0.4) is 0 Å². The Balaban J connectivity index is 3.23. The number of hydrogen-bond acceptors (Lipinski definition) is 4. The van der Waals surface area contributed by atoms with E-state index in [0.717, 1.165) is 12.1 Å². The average molecular weight is 280 g/mol. The molecular formula is C11H11F3O3S. The molecule has 0 aromatic heterocycles. The van der Waals surface area contributed by atoms with Crippen molar-refractivity contribution in [3.63, 3.8) is 0 Å². The van der Waals surface area contributed by atoms with Crippen LogP contribution in [-0.2, 0) is 6.18 Å². The monoisotopic (exact) mass is 280 g/mol. The number of aldehydes is 1. The summed E-state index contributed by atoms with van der Waals surface area (Å²) in [6.07, 6.45) is -7.37. The van der Waals surface area contributed by atoms with E-state index >= 15 is 0 Å². The van der Waals surface area contributed by atoms with Crippen molar-refractivity contribution < 1.29 is 28.2 Å². The molecule has 2 N–H and O–H groups in total. The number of alkyl halides is 3. The van der Waals surface area contributed by atoms with Crippen molar-refractivity contribution in [3.05, 3.63) is 34.9 Å². The third-order valence-electron chi connectivity index (χ3n) is 2.40. The summed E-state index contributed by atoms with van der Waals surface area (Å²) in [5, 5.41) is 18.9. The summed E-state index contributed by atoms with van der Waals surface area (Å²) in [5.74, 6) is -0.0993. The van der Waals surface area contributed by atoms with Gasteiger partial charge in [0.15, 0.2) is 6.29 Å². The van der Waals surface area contributed by atoms with Gasteiger partial charge in [-0.05, 0) is 11.6 Å². The van der Waals surface area contributed by atoms with Crippen molar-refractivity contribution in [1.82, 2.24) is 0 Å². The van der Waals surface area contributed by atoms with Crippen LogP contribution < -0.4 is 0 Å². The van der Waals surface area contributed by atoms with Crippen molar-refractivity contribution in [3.8, 4) is 0 Å². The van der Waals surface area contributed by atoms with Crippen LogP contribution in [0.25, 0.3) is 0 Å². The van der Waals surface area contributed by atoms with E-state index in [4.69, 9.17) is 0 Å². The van der Waals surface area contributed by atoms with Gasteiger partial charge in [0, 0.05) is 11.3 Å². The van der Waals surface area contributed by atoms with Gasteiger partial charge in [-0.1, -0.05) is 12.1 Å². The quantitative estimate of drug-likeness (QED) is 0.582. The minimum Gasteiger partial charge on any atom is -0.389 e. The molecule has 1 aromatic rings. The zero-order valence-electron chi connectivity index (χ0n) is 9.05. The highest BCUT2D eigenvalue weighted by atomic mass is 32.1. The maximum absolute atomic E-state index is 12.6. The molecule has 0 saturated carbocycles. The highest BCUT2D eigenvalue weighted by molar-refractivity contribution is 7.80. The van der Waals surface area contributed by atoms with Crippen LogP contribution in [-0.4, -0.2) is 28.4 Å².